The van der Waals surface area contributed by atoms with Gasteiger partial charge in [0.2, 0.25) is 0 Å². The van der Waals surface area contributed by atoms with Gasteiger partial charge in [-0.1, -0.05) is 66.7 Å². The molecule has 0 atom stereocenters. The summed E-state index contributed by atoms with van der Waals surface area (Å²) in [7, 11) is 0.506. The van der Waals surface area contributed by atoms with Gasteiger partial charge in [0.05, 0.1) is 0 Å². The summed E-state index contributed by atoms with van der Waals surface area (Å²) in [4.78, 5) is 2.14. The summed E-state index contributed by atoms with van der Waals surface area (Å²) in [5.41, 5.74) is 3.64. The Kier molecular flexibility index (Phi) is 6.66. The first-order valence-corrected chi connectivity index (χ1v) is 9.00. The molecular weight excluding hydrogens is 337 g/mol. The zero-order valence-electron chi connectivity index (χ0n) is 15.5. The highest BCUT2D eigenvalue weighted by Gasteiger charge is 2.18. The maximum atomic E-state index is 9.70. The third-order valence-corrected chi connectivity index (χ3v) is 4.38. The molecule has 27 heavy (non-hydrogen) atoms. The lowest BCUT2D eigenvalue weighted by molar-refractivity contribution is 0.301. The van der Waals surface area contributed by atoms with Gasteiger partial charge in [-0.05, 0) is 41.3 Å². The molecule has 3 aromatic rings. The highest BCUT2D eigenvalue weighted by atomic mass is 16.5. The molecule has 0 aliphatic carbocycles. The van der Waals surface area contributed by atoms with Crippen LogP contribution in [0.1, 0.15) is 16.7 Å². The molecule has 0 aliphatic rings. The second-order valence-electron chi connectivity index (χ2n) is 6.67. The van der Waals surface area contributed by atoms with E-state index in [1.165, 1.54) is 5.56 Å². The quantitative estimate of drug-likeness (QED) is 0.606. The van der Waals surface area contributed by atoms with E-state index in [0.29, 0.717) is 24.4 Å². The Hall–Kier alpha value is -2.60. The van der Waals surface area contributed by atoms with Crippen LogP contribution < -0.4 is 10.2 Å². The second kappa shape index (κ2) is 9.37. The average molecular weight is 361 g/mol. The van der Waals surface area contributed by atoms with Crippen LogP contribution in [0.5, 0.6) is 5.75 Å². The first-order valence-electron chi connectivity index (χ1n) is 9.00. The van der Waals surface area contributed by atoms with Crippen molar-refractivity contribution in [1.82, 2.24) is 4.90 Å². The van der Waals surface area contributed by atoms with Crippen LogP contribution in [0.2, 0.25) is 0 Å². The molecule has 2 N–H and O–H groups in total. The second-order valence-corrected chi connectivity index (χ2v) is 6.67. The lowest BCUT2D eigenvalue weighted by Crippen LogP contribution is -2.35. The molecular formula is C22H24BNO3. The zero-order valence-corrected chi connectivity index (χ0v) is 15.5. The topological polar surface area (TPSA) is 52.9 Å². The van der Waals surface area contributed by atoms with Crippen LogP contribution in [0.15, 0.2) is 78.9 Å². The molecule has 5 heteroatoms. The van der Waals surface area contributed by atoms with E-state index >= 15 is 0 Å². The molecule has 3 rings (SSSR count). The van der Waals surface area contributed by atoms with Gasteiger partial charge in [0.1, 0.15) is 12.4 Å². The van der Waals surface area contributed by atoms with Crippen molar-refractivity contribution in [2.45, 2.75) is 19.7 Å². The molecule has 0 aromatic heterocycles. The molecule has 138 valence electrons. The van der Waals surface area contributed by atoms with Gasteiger partial charge in [-0.3, -0.25) is 4.90 Å². The molecule has 0 unspecified atom stereocenters. The summed E-state index contributed by atoms with van der Waals surface area (Å²) in [6.45, 7) is 1.84. The predicted octanol–water partition coefficient (Wildman–Crippen LogP) is 2.58. The molecule has 0 radical (unpaired) electrons. The number of rotatable bonds is 8. The molecule has 0 spiro atoms. The summed E-state index contributed by atoms with van der Waals surface area (Å²) in [5.74, 6) is 0.714. The average Bonchev–Trinajstić information content (AvgIpc) is 2.68. The van der Waals surface area contributed by atoms with Crippen molar-refractivity contribution in [1.29, 1.82) is 0 Å². The van der Waals surface area contributed by atoms with Crippen molar-refractivity contribution < 1.29 is 14.8 Å². The molecule has 3 aromatic carbocycles. The van der Waals surface area contributed by atoms with Crippen molar-refractivity contribution in [3.05, 3.63) is 95.6 Å². The maximum absolute atomic E-state index is 9.70. The normalized spacial score (nSPS) is 10.8. The summed E-state index contributed by atoms with van der Waals surface area (Å²) < 4.78 is 5.89. The van der Waals surface area contributed by atoms with Gasteiger partial charge in [-0.25, -0.2) is 0 Å². The van der Waals surface area contributed by atoms with Gasteiger partial charge in [0, 0.05) is 13.1 Å². The van der Waals surface area contributed by atoms with Crippen molar-refractivity contribution in [3.8, 4) is 5.75 Å². The summed E-state index contributed by atoms with van der Waals surface area (Å²) in [6.07, 6.45) is 0. The van der Waals surface area contributed by atoms with Crippen molar-refractivity contribution in [2.75, 3.05) is 7.05 Å². The van der Waals surface area contributed by atoms with Gasteiger partial charge < -0.3 is 14.8 Å². The SMILES string of the molecule is CN(Cc1ccccc1)Cc1cc(OCc2ccccc2)ccc1B(O)O. The monoisotopic (exact) mass is 361 g/mol. The number of hydrogen-bond donors (Lipinski definition) is 2. The largest absolute Gasteiger partial charge is 0.489 e. The summed E-state index contributed by atoms with van der Waals surface area (Å²) in [6, 6.07) is 25.5. The lowest BCUT2D eigenvalue weighted by Gasteiger charge is -2.20. The van der Waals surface area contributed by atoms with E-state index in [0.717, 1.165) is 17.7 Å². The minimum absolute atomic E-state index is 0.473. The number of ether oxygens (including phenoxy) is 1. The van der Waals surface area contributed by atoms with Crippen LogP contribution in [0.3, 0.4) is 0 Å². The van der Waals surface area contributed by atoms with E-state index in [2.05, 4.69) is 17.0 Å². The van der Waals surface area contributed by atoms with Crippen LogP contribution in [0.4, 0.5) is 0 Å². The van der Waals surface area contributed by atoms with Crippen molar-refractivity contribution in [3.63, 3.8) is 0 Å². The third-order valence-electron chi connectivity index (χ3n) is 4.38. The van der Waals surface area contributed by atoms with E-state index in [1.807, 2.05) is 61.6 Å². The van der Waals surface area contributed by atoms with Gasteiger partial charge in [0.25, 0.3) is 0 Å². The Labute approximate surface area is 160 Å². The third kappa shape index (κ3) is 5.69. The summed E-state index contributed by atoms with van der Waals surface area (Å²) >= 11 is 0. The first kappa shape index (κ1) is 19.2. The predicted molar refractivity (Wildman–Crippen MR) is 109 cm³/mol. The van der Waals surface area contributed by atoms with Crippen LogP contribution in [0.25, 0.3) is 0 Å². The minimum atomic E-state index is -1.51. The van der Waals surface area contributed by atoms with Crippen LogP contribution in [-0.4, -0.2) is 29.1 Å². The standard InChI is InChI=1S/C22H24BNO3/c1-24(15-18-8-4-2-5-9-18)16-20-14-21(12-13-22(20)23(25)26)27-17-19-10-6-3-7-11-19/h2-14,25-26H,15-17H2,1H3. The maximum Gasteiger partial charge on any atom is 0.488 e. The molecule has 0 heterocycles. The van der Waals surface area contributed by atoms with Crippen LogP contribution in [-0.2, 0) is 19.7 Å². The Bertz CT molecular complexity index is 841. The minimum Gasteiger partial charge on any atom is -0.489 e. The van der Waals surface area contributed by atoms with Gasteiger partial charge in [0.15, 0.2) is 0 Å². The smallest absolute Gasteiger partial charge is 0.488 e. The Morgan fingerprint density at radius 1 is 0.815 bits per heavy atom. The Morgan fingerprint density at radius 3 is 2.07 bits per heavy atom. The number of hydrogen-bond acceptors (Lipinski definition) is 4. The highest BCUT2D eigenvalue weighted by molar-refractivity contribution is 6.59. The van der Waals surface area contributed by atoms with Crippen LogP contribution in [0, 0.1) is 0 Å². The van der Waals surface area contributed by atoms with E-state index in [9.17, 15) is 10.0 Å². The molecule has 0 saturated carbocycles. The Balaban J connectivity index is 1.71. The molecule has 0 bridgehead atoms. The van der Waals surface area contributed by atoms with Gasteiger partial charge >= 0.3 is 7.12 Å². The molecule has 0 aliphatic heterocycles. The van der Waals surface area contributed by atoms with Crippen molar-refractivity contribution in [2.24, 2.45) is 0 Å². The highest BCUT2D eigenvalue weighted by Crippen LogP contribution is 2.16. The summed E-state index contributed by atoms with van der Waals surface area (Å²) in [5, 5.41) is 19.4. The van der Waals surface area contributed by atoms with Crippen molar-refractivity contribution >= 4 is 12.6 Å². The number of benzene rings is 3. The molecule has 0 saturated heterocycles. The van der Waals surface area contributed by atoms with Crippen LogP contribution >= 0.6 is 0 Å². The zero-order chi connectivity index (χ0) is 19.1. The fourth-order valence-electron chi connectivity index (χ4n) is 3.04. The van der Waals surface area contributed by atoms with Gasteiger partial charge in [-0.15, -0.1) is 0 Å². The molecule has 4 nitrogen and oxygen atoms in total. The number of nitrogens with zero attached hydrogens (tertiary/aromatic N) is 1. The fourth-order valence-corrected chi connectivity index (χ4v) is 3.04. The molecule has 0 amide bonds. The first-order chi connectivity index (χ1) is 13.1. The van der Waals surface area contributed by atoms with E-state index in [-0.39, 0.29) is 0 Å². The molecule has 0 fully saturated rings. The van der Waals surface area contributed by atoms with Gasteiger partial charge in [-0.2, -0.15) is 0 Å². The van der Waals surface area contributed by atoms with E-state index < -0.39 is 7.12 Å². The fraction of sp³-hybridized carbons (Fsp3) is 0.182. The van der Waals surface area contributed by atoms with E-state index in [1.54, 1.807) is 12.1 Å². The Morgan fingerprint density at radius 2 is 1.44 bits per heavy atom. The van der Waals surface area contributed by atoms with E-state index in [4.69, 9.17) is 4.74 Å². The lowest BCUT2D eigenvalue weighted by atomic mass is 9.77.